The number of ether oxygens (including phenoxy) is 1. The van der Waals surface area contributed by atoms with Crippen molar-refractivity contribution in [1.82, 2.24) is 5.43 Å². The maximum atomic E-state index is 11.6. The number of amides is 1. The first-order chi connectivity index (χ1) is 10.1. The molecule has 0 aliphatic heterocycles. The summed E-state index contributed by atoms with van der Waals surface area (Å²) in [5, 5.41) is 8.45. The molecule has 0 unspecified atom stereocenters. The zero-order valence-corrected chi connectivity index (χ0v) is 13.3. The lowest BCUT2D eigenvalue weighted by Gasteiger charge is -2.09. The second-order valence-electron chi connectivity index (χ2n) is 4.51. The van der Waals surface area contributed by atoms with Crippen LogP contribution in [0.4, 0.5) is 0 Å². The number of hydrazone groups is 1. The van der Waals surface area contributed by atoms with E-state index in [1.54, 1.807) is 29.7 Å². The third kappa shape index (κ3) is 4.58. The summed E-state index contributed by atoms with van der Waals surface area (Å²) >= 11 is 7.65. The third-order valence-electron chi connectivity index (χ3n) is 2.73. The number of nitrogens with zero attached hydrogens (tertiary/aromatic N) is 1. The molecule has 0 atom stereocenters. The van der Waals surface area contributed by atoms with Crippen molar-refractivity contribution < 1.29 is 9.53 Å². The van der Waals surface area contributed by atoms with Crippen molar-refractivity contribution in [2.45, 2.75) is 13.8 Å². The number of nitrogens with one attached hydrogen (secondary N) is 1. The van der Waals surface area contributed by atoms with Crippen molar-refractivity contribution in [2.24, 2.45) is 5.10 Å². The van der Waals surface area contributed by atoms with Crippen LogP contribution >= 0.6 is 22.9 Å². The highest BCUT2D eigenvalue weighted by Gasteiger charge is 2.06. The lowest BCUT2D eigenvalue weighted by atomic mass is 10.1. The average molecular weight is 323 g/mol. The number of carbonyl (C=O) groups excluding carboxylic acids is 1. The van der Waals surface area contributed by atoms with Crippen LogP contribution in [-0.2, 0) is 4.79 Å². The zero-order chi connectivity index (χ0) is 15.2. The molecular weight excluding hydrogens is 308 g/mol. The van der Waals surface area contributed by atoms with Gasteiger partial charge in [-0.05, 0) is 53.9 Å². The van der Waals surface area contributed by atoms with Gasteiger partial charge in [0.2, 0.25) is 0 Å². The summed E-state index contributed by atoms with van der Waals surface area (Å²) in [7, 11) is 0. The van der Waals surface area contributed by atoms with Gasteiger partial charge in [0.25, 0.3) is 5.91 Å². The van der Waals surface area contributed by atoms with Crippen molar-refractivity contribution in [3.8, 4) is 5.75 Å². The first kappa shape index (κ1) is 15.5. The molecule has 0 spiro atoms. The molecule has 1 N–H and O–H groups in total. The molecule has 4 nitrogen and oxygen atoms in total. The molecule has 0 fully saturated rings. The summed E-state index contributed by atoms with van der Waals surface area (Å²) in [5.74, 6) is 0.304. The Morgan fingerprint density at radius 2 is 2.14 bits per heavy atom. The summed E-state index contributed by atoms with van der Waals surface area (Å²) in [5.41, 5.74) is 5.20. The molecule has 1 aromatic carbocycles. The van der Waals surface area contributed by atoms with Gasteiger partial charge in [0.1, 0.15) is 5.75 Å². The van der Waals surface area contributed by atoms with Crippen LogP contribution in [0.5, 0.6) is 5.75 Å². The molecule has 1 amide bonds. The predicted molar refractivity (Wildman–Crippen MR) is 86.5 cm³/mol. The fraction of sp³-hybridized carbons (Fsp3) is 0.200. The highest BCUT2D eigenvalue weighted by molar-refractivity contribution is 7.08. The van der Waals surface area contributed by atoms with Crippen LogP contribution in [0, 0.1) is 13.8 Å². The van der Waals surface area contributed by atoms with E-state index in [1.807, 2.05) is 30.7 Å². The Hall–Kier alpha value is -1.85. The molecule has 0 aliphatic carbocycles. The van der Waals surface area contributed by atoms with Gasteiger partial charge in [-0.25, -0.2) is 5.43 Å². The van der Waals surface area contributed by atoms with Gasteiger partial charge in [0, 0.05) is 10.6 Å². The van der Waals surface area contributed by atoms with E-state index in [4.69, 9.17) is 16.3 Å². The van der Waals surface area contributed by atoms with Gasteiger partial charge in [0.15, 0.2) is 6.61 Å². The van der Waals surface area contributed by atoms with Crippen LogP contribution in [0.3, 0.4) is 0 Å². The van der Waals surface area contributed by atoms with E-state index in [0.29, 0.717) is 10.8 Å². The molecular formula is C15H15ClN2O2S. The number of hydrogen-bond donors (Lipinski definition) is 1. The van der Waals surface area contributed by atoms with Gasteiger partial charge in [0.05, 0.1) is 6.21 Å². The van der Waals surface area contributed by atoms with E-state index in [0.717, 1.165) is 16.7 Å². The highest BCUT2D eigenvalue weighted by Crippen LogP contribution is 2.25. The summed E-state index contributed by atoms with van der Waals surface area (Å²) in [6, 6.07) is 5.52. The third-order valence-corrected chi connectivity index (χ3v) is 4.02. The Morgan fingerprint density at radius 3 is 2.76 bits per heavy atom. The van der Waals surface area contributed by atoms with Gasteiger partial charge in [-0.2, -0.15) is 16.4 Å². The number of carbonyl (C=O) groups is 1. The fourth-order valence-electron chi connectivity index (χ4n) is 1.70. The normalized spacial score (nSPS) is 10.8. The molecule has 0 bridgehead atoms. The highest BCUT2D eigenvalue weighted by atomic mass is 35.5. The SMILES string of the molecule is Cc1cc(OCC(=O)NN=Cc2ccsc2)cc(C)c1Cl. The molecule has 2 rings (SSSR count). The van der Waals surface area contributed by atoms with E-state index < -0.39 is 0 Å². The quantitative estimate of drug-likeness (QED) is 0.676. The molecule has 1 heterocycles. The second kappa shape index (κ2) is 7.24. The monoisotopic (exact) mass is 322 g/mol. The van der Waals surface area contributed by atoms with Crippen LogP contribution in [0.25, 0.3) is 0 Å². The zero-order valence-electron chi connectivity index (χ0n) is 11.7. The molecule has 1 aromatic heterocycles. The Balaban J connectivity index is 1.84. The van der Waals surface area contributed by atoms with E-state index in [2.05, 4.69) is 10.5 Å². The van der Waals surface area contributed by atoms with Gasteiger partial charge < -0.3 is 4.74 Å². The minimum absolute atomic E-state index is 0.0957. The van der Waals surface area contributed by atoms with Crippen molar-refractivity contribution in [1.29, 1.82) is 0 Å². The number of aryl methyl sites for hydroxylation is 2. The Kier molecular flexibility index (Phi) is 5.36. The van der Waals surface area contributed by atoms with Crippen LogP contribution in [0.2, 0.25) is 5.02 Å². The van der Waals surface area contributed by atoms with Crippen molar-refractivity contribution in [3.63, 3.8) is 0 Å². The maximum Gasteiger partial charge on any atom is 0.277 e. The molecule has 0 radical (unpaired) electrons. The standard InChI is InChI=1S/C15H15ClN2O2S/c1-10-5-13(6-11(2)15(10)16)20-8-14(19)18-17-7-12-3-4-21-9-12/h3-7,9H,8H2,1-2H3,(H,18,19). The second-order valence-corrected chi connectivity index (χ2v) is 5.67. The molecule has 110 valence electrons. The maximum absolute atomic E-state index is 11.6. The van der Waals surface area contributed by atoms with Crippen molar-refractivity contribution in [3.05, 3.63) is 50.7 Å². The number of benzene rings is 1. The molecule has 6 heteroatoms. The summed E-state index contributed by atoms with van der Waals surface area (Å²) in [4.78, 5) is 11.6. The van der Waals surface area contributed by atoms with Crippen molar-refractivity contribution >= 4 is 35.1 Å². The first-order valence-corrected chi connectivity index (χ1v) is 7.62. The van der Waals surface area contributed by atoms with E-state index in [9.17, 15) is 4.79 Å². The summed E-state index contributed by atoms with van der Waals surface area (Å²) in [6.07, 6.45) is 1.59. The van der Waals surface area contributed by atoms with Gasteiger partial charge >= 0.3 is 0 Å². The minimum Gasteiger partial charge on any atom is -0.484 e. The van der Waals surface area contributed by atoms with E-state index in [-0.39, 0.29) is 12.5 Å². The number of thiophene rings is 1. The number of halogens is 1. The van der Waals surface area contributed by atoms with E-state index in [1.165, 1.54) is 0 Å². The molecule has 0 saturated heterocycles. The first-order valence-electron chi connectivity index (χ1n) is 6.30. The average Bonchev–Trinajstić information content (AvgIpc) is 2.95. The lowest BCUT2D eigenvalue weighted by Crippen LogP contribution is -2.24. The lowest BCUT2D eigenvalue weighted by molar-refractivity contribution is -0.123. The van der Waals surface area contributed by atoms with E-state index >= 15 is 0 Å². The topological polar surface area (TPSA) is 50.7 Å². The van der Waals surface area contributed by atoms with Gasteiger partial charge in [-0.3, -0.25) is 4.79 Å². The Labute approximate surface area is 132 Å². The van der Waals surface area contributed by atoms with Crippen LogP contribution in [-0.4, -0.2) is 18.7 Å². The van der Waals surface area contributed by atoms with Gasteiger partial charge in [-0.1, -0.05) is 11.6 Å². The predicted octanol–water partition coefficient (Wildman–Crippen LogP) is 3.55. The molecule has 21 heavy (non-hydrogen) atoms. The molecule has 0 aliphatic rings. The Bertz CT molecular complexity index is 631. The van der Waals surface area contributed by atoms with Crippen LogP contribution in [0.1, 0.15) is 16.7 Å². The summed E-state index contributed by atoms with van der Waals surface area (Å²) < 4.78 is 5.43. The smallest absolute Gasteiger partial charge is 0.277 e. The van der Waals surface area contributed by atoms with Crippen molar-refractivity contribution in [2.75, 3.05) is 6.61 Å². The molecule has 0 saturated carbocycles. The van der Waals surface area contributed by atoms with Crippen LogP contribution < -0.4 is 10.2 Å². The largest absolute Gasteiger partial charge is 0.484 e. The molecule has 2 aromatic rings. The van der Waals surface area contributed by atoms with Gasteiger partial charge in [-0.15, -0.1) is 0 Å². The summed E-state index contributed by atoms with van der Waals surface area (Å²) in [6.45, 7) is 3.70. The number of hydrogen-bond acceptors (Lipinski definition) is 4. The number of rotatable bonds is 5. The van der Waals surface area contributed by atoms with Crippen LogP contribution in [0.15, 0.2) is 34.1 Å². The minimum atomic E-state index is -0.313. The Morgan fingerprint density at radius 1 is 1.43 bits per heavy atom. The fourth-order valence-corrected chi connectivity index (χ4v) is 2.42.